The Hall–Kier alpha value is -13.0. The van der Waals surface area contributed by atoms with Crippen molar-refractivity contribution >= 4 is 87.2 Å². The first-order valence-electron chi connectivity index (χ1n) is 32.8. The first kappa shape index (κ1) is 54.7. The smallest absolute Gasteiger partial charge is 0.104 e. The standard InChI is InChI=1S/C91H57N5/c92-58-79-90(95-81-38-22-20-36-72(81)74-52-66(42-48-85(74)95)60-25-9-2-10-26-60)89(94-83-46-40-67(61-27-11-3-12-28-61)53-75(83)76-54-68(41-47-84(76)94)62-29-13-4-14-30-62)57-88(93-80-37-21-19-35-71(80)73-51-65(39-45-82(73)93)59-23-7-1-8-24-59)91(79)96-86-49-43-69(63-31-15-5-16-32-63)55-77(86)78-56-70(44-50-87(78)96)64-33-17-6-18-34-64/h1-57H. The van der Waals surface area contributed by atoms with Gasteiger partial charge in [-0.05, 0) is 158 Å². The van der Waals surface area contributed by atoms with Crippen LogP contribution < -0.4 is 0 Å². The molecule has 0 saturated carbocycles. The maximum atomic E-state index is 13.3. The number of rotatable bonds is 10. The van der Waals surface area contributed by atoms with Crippen molar-refractivity contribution in [2.75, 3.05) is 0 Å². The molecule has 5 heteroatoms. The summed E-state index contributed by atoms with van der Waals surface area (Å²) in [5, 5.41) is 22.0. The Balaban J connectivity index is 1.03. The molecule has 4 aromatic heterocycles. The van der Waals surface area contributed by atoms with E-state index in [0.29, 0.717) is 5.56 Å². The molecule has 0 spiro atoms. The van der Waals surface area contributed by atoms with Gasteiger partial charge < -0.3 is 18.3 Å². The maximum Gasteiger partial charge on any atom is 0.104 e. The molecule has 0 aliphatic heterocycles. The fourth-order valence-corrected chi connectivity index (χ4v) is 15.4. The molecule has 0 saturated heterocycles. The van der Waals surface area contributed by atoms with Crippen LogP contribution in [0.1, 0.15) is 5.56 Å². The highest BCUT2D eigenvalue weighted by atomic mass is 15.1. The van der Waals surface area contributed by atoms with E-state index in [-0.39, 0.29) is 0 Å². The van der Waals surface area contributed by atoms with Crippen LogP contribution in [0.3, 0.4) is 0 Å². The van der Waals surface area contributed by atoms with Crippen LogP contribution in [0.5, 0.6) is 0 Å². The lowest BCUT2D eigenvalue weighted by Crippen LogP contribution is -2.13. The quantitative estimate of drug-likeness (QED) is 0.135. The zero-order valence-corrected chi connectivity index (χ0v) is 52.1. The van der Waals surface area contributed by atoms with Crippen LogP contribution in [0.25, 0.3) is 177 Å². The van der Waals surface area contributed by atoms with E-state index in [0.717, 1.165) is 177 Å². The van der Waals surface area contributed by atoms with Crippen molar-refractivity contribution in [3.05, 3.63) is 351 Å². The third-order valence-electron chi connectivity index (χ3n) is 19.8. The minimum Gasteiger partial charge on any atom is -0.307 e. The average Bonchev–Trinajstić information content (AvgIpc) is 1.45. The summed E-state index contributed by atoms with van der Waals surface area (Å²) in [6.45, 7) is 0. The molecule has 0 N–H and O–H groups in total. The lowest BCUT2D eigenvalue weighted by Gasteiger charge is -2.25. The molecular formula is C91H57N5. The SMILES string of the molecule is N#Cc1c(-n2c3ccccc3c3cc(-c4ccccc4)ccc32)c(-n2c3ccc(-c4ccccc4)cc3c3cc(-c4ccccc4)ccc32)cc(-n2c3ccccc3c3cc(-c4ccccc4)ccc32)c1-n1c2ccc(-c3ccccc3)cc2c2cc(-c3ccccc3)ccc21. The van der Waals surface area contributed by atoms with Gasteiger partial charge in [0.1, 0.15) is 11.6 Å². The minimum absolute atomic E-state index is 0.513. The molecule has 4 heterocycles. The highest BCUT2D eigenvalue weighted by Crippen LogP contribution is 2.49. The van der Waals surface area contributed by atoms with Gasteiger partial charge in [0, 0.05) is 43.1 Å². The zero-order valence-electron chi connectivity index (χ0n) is 52.1. The summed E-state index contributed by atoms with van der Waals surface area (Å²) in [5.74, 6) is 0. The molecule has 0 unspecified atom stereocenters. The van der Waals surface area contributed by atoms with E-state index < -0.39 is 0 Å². The minimum atomic E-state index is 0.513. The van der Waals surface area contributed by atoms with Crippen LogP contribution in [0.2, 0.25) is 0 Å². The fourth-order valence-electron chi connectivity index (χ4n) is 15.4. The maximum absolute atomic E-state index is 13.3. The Bertz CT molecular complexity index is 6150. The van der Waals surface area contributed by atoms with E-state index in [2.05, 4.69) is 370 Å². The predicted molar refractivity (Wildman–Crippen MR) is 401 cm³/mol. The second-order valence-electron chi connectivity index (χ2n) is 25.1. The molecular weight excluding hydrogens is 1160 g/mol. The number of fused-ring (bicyclic) bond motifs is 12. The summed E-state index contributed by atoms with van der Waals surface area (Å²) >= 11 is 0. The molecule has 0 atom stereocenters. The molecule has 5 nitrogen and oxygen atoms in total. The molecule has 15 aromatic carbocycles. The average molecular weight is 1220 g/mol. The summed E-state index contributed by atoms with van der Waals surface area (Å²) in [7, 11) is 0. The third kappa shape index (κ3) is 8.63. The van der Waals surface area contributed by atoms with Crippen molar-refractivity contribution in [3.63, 3.8) is 0 Å². The third-order valence-corrected chi connectivity index (χ3v) is 19.8. The lowest BCUT2D eigenvalue weighted by atomic mass is 10.0. The monoisotopic (exact) mass is 1220 g/mol. The van der Waals surface area contributed by atoms with Gasteiger partial charge in [0.2, 0.25) is 0 Å². The molecule has 0 aliphatic rings. The number of para-hydroxylation sites is 2. The Morgan fingerprint density at radius 1 is 0.177 bits per heavy atom. The van der Waals surface area contributed by atoms with Crippen LogP contribution in [0.15, 0.2) is 346 Å². The van der Waals surface area contributed by atoms with Crippen LogP contribution in [0.4, 0.5) is 0 Å². The van der Waals surface area contributed by atoms with Crippen molar-refractivity contribution in [1.29, 1.82) is 5.26 Å². The van der Waals surface area contributed by atoms with Gasteiger partial charge >= 0.3 is 0 Å². The van der Waals surface area contributed by atoms with E-state index in [1.807, 2.05) is 0 Å². The van der Waals surface area contributed by atoms with Gasteiger partial charge in [0.25, 0.3) is 0 Å². The molecule has 0 bridgehead atoms. The number of aromatic nitrogens is 4. The van der Waals surface area contributed by atoms with E-state index >= 15 is 0 Å². The van der Waals surface area contributed by atoms with Crippen LogP contribution in [0, 0.1) is 11.3 Å². The van der Waals surface area contributed by atoms with Crippen LogP contribution >= 0.6 is 0 Å². The van der Waals surface area contributed by atoms with Crippen molar-refractivity contribution in [2.24, 2.45) is 0 Å². The molecule has 96 heavy (non-hydrogen) atoms. The zero-order chi connectivity index (χ0) is 63.4. The molecule has 0 aliphatic carbocycles. The molecule has 19 rings (SSSR count). The van der Waals surface area contributed by atoms with Crippen LogP contribution in [-0.4, -0.2) is 18.3 Å². The fraction of sp³-hybridized carbons (Fsp3) is 0. The predicted octanol–water partition coefficient (Wildman–Crippen LogP) is 23.9. The van der Waals surface area contributed by atoms with E-state index in [9.17, 15) is 5.26 Å². The second-order valence-corrected chi connectivity index (χ2v) is 25.1. The topological polar surface area (TPSA) is 43.5 Å². The number of hydrogen-bond donors (Lipinski definition) is 0. The Morgan fingerprint density at radius 2 is 0.385 bits per heavy atom. The Morgan fingerprint density at radius 3 is 0.646 bits per heavy atom. The van der Waals surface area contributed by atoms with E-state index in [1.165, 1.54) is 0 Å². The highest BCUT2D eigenvalue weighted by molar-refractivity contribution is 6.17. The van der Waals surface area contributed by atoms with Gasteiger partial charge in [-0.2, -0.15) is 5.26 Å². The number of nitriles is 1. The Kier molecular flexibility index (Phi) is 12.6. The van der Waals surface area contributed by atoms with Crippen molar-refractivity contribution < 1.29 is 0 Å². The lowest BCUT2D eigenvalue weighted by molar-refractivity contribution is 1.03. The van der Waals surface area contributed by atoms with Gasteiger partial charge in [-0.25, -0.2) is 0 Å². The summed E-state index contributed by atoms with van der Waals surface area (Å²) in [6.07, 6.45) is 0. The summed E-state index contributed by atoms with van der Waals surface area (Å²) in [6, 6.07) is 129. The van der Waals surface area contributed by atoms with E-state index in [1.54, 1.807) is 0 Å². The van der Waals surface area contributed by atoms with Gasteiger partial charge in [0.05, 0.1) is 66.9 Å². The molecule has 0 fully saturated rings. The normalized spacial score (nSPS) is 11.7. The highest BCUT2D eigenvalue weighted by Gasteiger charge is 2.32. The summed E-state index contributed by atoms with van der Waals surface area (Å²) in [4.78, 5) is 0. The number of hydrogen-bond acceptors (Lipinski definition) is 1. The Labute approximate surface area is 554 Å². The van der Waals surface area contributed by atoms with Crippen LogP contribution in [-0.2, 0) is 0 Å². The molecule has 19 aromatic rings. The van der Waals surface area contributed by atoms with Gasteiger partial charge in [-0.3, -0.25) is 0 Å². The molecule has 0 amide bonds. The summed E-state index contributed by atoms with van der Waals surface area (Å²) < 4.78 is 9.73. The number of nitrogens with zero attached hydrogens (tertiary/aromatic N) is 5. The van der Waals surface area contributed by atoms with Gasteiger partial charge in [-0.15, -0.1) is 0 Å². The summed E-state index contributed by atoms with van der Waals surface area (Å²) in [5.41, 5.74) is 25.2. The van der Waals surface area contributed by atoms with Gasteiger partial charge in [-0.1, -0.05) is 255 Å². The van der Waals surface area contributed by atoms with Crippen molar-refractivity contribution in [2.45, 2.75) is 0 Å². The van der Waals surface area contributed by atoms with Crippen molar-refractivity contribution in [3.8, 4) is 95.6 Å². The first-order chi connectivity index (χ1) is 47.6. The molecule has 0 radical (unpaired) electrons. The molecule has 446 valence electrons. The first-order valence-corrected chi connectivity index (χ1v) is 32.8. The second kappa shape index (κ2) is 22.1. The van der Waals surface area contributed by atoms with E-state index in [4.69, 9.17) is 0 Å². The van der Waals surface area contributed by atoms with Gasteiger partial charge in [0.15, 0.2) is 0 Å². The largest absolute Gasteiger partial charge is 0.307 e. The van der Waals surface area contributed by atoms with Crippen molar-refractivity contribution in [1.82, 2.24) is 18.3 Å². The number of benzene rings is 15.